The van der Waals surface area contributed by atoms with E-state index in [0.29, 0.717) is 5.82 Å². The Kier molecular flexibility index (Phi) is 7.84. The van der Waals surface area contributed by atoms with Gasteiger partial charge in [-0.25, -0.2) is 9.97 Å². The Morgan fingerprint density at radius 2 is 0.947 bits per heavy atom. The van der Waals surface area contributed by atoms with Crippen molar-refractivity contribution in [2.24, 2.45) is 0 Å². The van der Waals surface area contributed by atoms with Crippen LogP contribution in [-0.2, 0) is 5.41 Å². The molecule has 1 unspecified atom stereocenters. The first-order valence-corrected chi connectivity index (χ1v) is 20.3. The minimum absolute atomic E-state index is 0.222. The number of hydrogen-bond donors (Lipinski definition) is 0. The smallest absolute Gasteiger partial charge is 0.160 e. The van der Waals surface area contributed by atoms with Crippen molar-refractivity contribution in [3.05, 3.63) is 217 Å². The van der Waals surface area contributed by atoms with Crippen molar-refractivity contribution in [1.82, 2.24) is 9.97 Å². The summed E-state index contributed by atoms with van der Waals surface area (Å²) in [5.41, 5.74) is 16.0. The zero-order chi connectivity index (χ0) is 37.9. The summed E-state index contributed by atoms with van der Waals surface area (Å²) in [6, 6.07) is 72.2. The quantitative estimate of drug-likeness (QED) is 0.169. The molecule has 0 spiro atoms. The Bertz CT molecular complexity index is 3140. The number of fused-ring (bicyclic) bond motifs is 6. The summed E-state index contributed by atoms with van der Waals surface area (Å²) in [6.07, 6.45) is 0. The third-order valence-electron chi connectivity index (χ3n) is 11.8. The molecule has 1 aliphatic carbocycles. The summed E-state index contributed by atoms with van der Waals surface area (Å²) in [4.78, 5) is 10.4. The first-order valence-electron chi connectivity index (χ1n) is 19.5. The molecule has 3 heteroatoms. The van der Waals surface area contributed by atoms with Crippen LogP contribution < -0.4 is 0 Å². The van der Waals surface area contributed by atoms with Crippen LogP contribution in [0.5, 0.6) is 0 Å². The van der Waals surface area contributed by atoms with Crippen molar-refractivity contribution < 1.29 is 0 Å². The van der Waals surface area contributed by atoms with Crippen LogP contribution in [0, 0.1) is 0 Å². The van der Waals surface area contributed by atoms with Crippen LogP contribution in [0.2, 0.25) is 0 Å². The van der Waals surface area contributed by atoms with E-state index >= 15 is 0 Å². The number of benzene rings is 8. The van der Waals surface area contributed by atoms with E-state index < -0.39 is 0 Å². The molecule has 11 rings (SSSR count). The average molecular weight is 745 g/mol. The predicted octanol–water partition coefficient (Wildman–Crippen LogP) is 14.5. The van der Waals surface area contributed by atoms with Gasteiger partial charge in [0.2, 0.25) is 0 Å². The molecule has 2 nitrogen and oxygen atoms in total. The van der Waals surface area contributed by atoms with Crippen LogP contribution in [-0.4, -0.2) is 9.97 Å². The highest BCUT2D eigenvalue weighted by molar-refractivity contribution is 7.26. The van der Waals surface area contributed by atoms with E-state index in [-0.39, 0.29) is 5.41 Å². The number of rotatable bonds is 6. The van der Waals surface area contributed by atoms with E-state index in [2.05, 4.69) is 189 Å². The zero-order valence-corrected chi connectivity index (χ0v) is 32.2. The molecule has 0 N–H and O–H groups in total. The van der Waals surface area contributed by atoms with E-state index in [1.54, 1.807) is 0 Å². The Balaban J connectivity index is 1.02. The molecule has 268 valence electrons. The molecular weight excluding hydrogens is 709 g/mol. The number of nitrogens with zero attached hydrogens (tertiary/aromatic N) is 2. The van der Waals surface area contributed by atoms with E-state index in [9.17, 15) is 0 Å². The molecule has 0 bridgehead atoms. The summed E-state index contributed by atoms with van der Waals surface area (Å²) in [5, 5.41) is 2.60. The van der Waals surface area contributed by atoms with Crippen LogP contribution in [0.15, 0.2) is 200 Å². The normalized spacial score (nSPS) is 14.5. The SMILES string of the molecule is CC1(c2ccccc2)c2ccccc2-c2cc(-c3cccc(-c4cc(-c5cccc(-c6cccc7c6sc6ccccc67)c5)nc(-c5ccccc5)n4)c3)ccc21. The number of hydrogen-bond acceptors (Lipinski definition) is 3. The predicted molar refractivity (Wildman–Crippen MR) is 240 cm³/mol. The fourth-order valence-electron chi connectivity index (χ4n) is 8.90. The van der Waals surface area contributed by atoms with Crippen LogP contribution in [0.25, 0.3) is 87.5 Å². The molecule has 0 fully saturated rings. The highest BCUT2D eigenvalue weighted by Crippen LogP contribution is 2.53. The molecule has 1 atom stereocenters. The lowest BCUT2D eigenvalue weighted by Crippen LogP contribution is -2.22. The summed E-state index contributed by atoms with van der Waals surface area (Å²) in [6.45, 7) is 2.37. The van der Waals surface area contributed by atoms with Gasteiger partial charge in [0.15, 0.2) is 5.82 Å². The van der Waals surface area contributed by atoms with Crippen molar-refractivity contribution in [2.75, 3.05) is 0 Å². The summed E-state index contributed by atoms with van der Waals surface area (Å²) in [7, 11) is 0. The van der Waals surface area contributed by atoms with Crippen molar-refractivity contribution in [2.45, 2.75) is 12.3 Å². The van der Waals surface area contributed by atoms with Crippen molar-refractivity contribution >= 4 is 31.5 Å². The van der Waals surface area contributed by atoms with Gasteiger partial charge in [-0.2, -0.15) is 0 Å². The summed E-state index contributed by atoms with van der Waals surface area (Å²) >= 11 is 1.86. The highest BCUT2D eigenvalue weighted by atomic mass is 32.1. The van der Waals surface area contributed by atoms with Gasteiger partial charge in [-0.15, -0.1) is 11.3 Å². The van der Waals surface area contributed by atoms with Gasteiger partial charge in [0.1, 0.15) is 0 Å². The second-order valence-corrected chi connectivity index (χ2v) is 16.1. The molecule has 8 aromatic carbocycles. The lowest BCUT2D eigenvalue weighted by atomic mass is 9.74. The first kappa shape index (κ1) is 33.4. The van der Waals surface area contributed by atoms with Gasteiger partial charge in [0.05, 0.1) is 11.4 Å². The fraction of sp³-hybridized carbons (Fsp3) is 0.0370. The molecule has 2 aromatic heterocycles. The highest BCUT2D eigenvalue weighted by Gasteiger charge is 2.40. The summed E-state index contributed by atoms with van der Waals surface area (Å²) in [5.74, 6) is 0.708. The van der Waals surface area contributed by atoms with Crippen LogP contribution >= 0.6 is 11.3 Å². The second kappa shape index (κ2) is 13.4. The minimum atomic E-state index is -0.222. The molecule has 1 aliphatic rings. The average Bonchev–Trinajstić information content (AvgIpc) is 3.80. The molecular formula is C54H36N2S. The lowest BCUT2D eigenvalue weighted by molar-refractivity contribution is 0.714. The van der Waals surface area contributed by atoms with Crippen LogP contribution in [0.1, 0.15) is 23.6 Å². The van der Waals surface area contributed by atoms with Gasteiger partial charge in [-0.3, -0.25) is 0 Å². The van der Waals surface area contributed by atoms with E-state index in [1.165, 1.54) is 64.7 Å². The third kappa shape index (κ3) is 5.54. The molecule has 10 aromatic rings. The summed E-state index contributed by atoms with van der Waals surface area (Å²) < 4.78 is 2.61. The standard InChI is InChI=1S/C54H36N2S/c1-54(41-21-6-3-7-22-41)47-27-10-8-23-43(47)46-33-37(29-30-48(46)54)36-17-12-19-39(31-36)49-34-50(56-53(55-49)35-15-4-2-5-16-35)40-20-13-18-38(32-40)42-25-14-26-45-44-24-9-11-28-51(44)57-52(42)45/h2-34H,1H3. The fourth-order valence-corrected chi connectivity index (χ4v) is 10.1. The Morgan fingerprint density at radius 3 is 1.75 bits per heavy atom. The monoisotopic (exact) mass is 744 g/mol. The van der Waals surface area contributed by atoms with E-state index in [0.717, 1.165) is 33.6 Å². The molecule has 0 saturated heterocycles. The van der Waals surface area contributed by atoms with E-state index in [4.69, 9.17) is 9.97 Å². The Hall–Kier alpha value is -6.94. The number of thiophene rings is 1. The topological polar surface area (TPSA) is 25.8 Å². The third-order valence-corrected chi connectivity index (χ3v) is 13.0. The van der Waals surface area contributed by atoms with Crippen molar-refractivity contribution in [3.63, 3.8) is 0 Å². The van der Waals surface area contributed by atoms with Gasteiger partial charge in [0.25, 0.3) is 0 Å². The maximum absolute atomic E-state index is 5.21. The number of aromatic nitrogens is 2. The van der Waals surface area contributed by atoms with Crippen molar-refractivity contribution in [1.29, 1.82) is 0 Å². The Labute approximate surface area is 336 Å². The van der Waals surface area contributed by atoms with Crippen LogP contribution in [0.3, 0.4) is 0 Å². The maximum Gasteiger partial charge on any atom is 0.160 e. The largest absolute Gasteiger partial charge is 0.228 e. The van der Waals surface area contributed by atoms with Gasteiger partial charge in [-0.1, -0.05) is 170 Å². The van der Waals surface area contributed by atoms with Gasteiger partial charge in [-0.05, 0) is 87.3 Å². The minimum Gasteiger partial charge on any atom is -0.228 e. The van der Waals surface area contributed by atoms with Gasteiger partial charge < -0.3 is 0 Å². The zero-order valence-electron chi connectivity index (χ0n) is 31.4. The molecule has 0 amide bonds. The van der Waals surface area contributed by atoms with E-state index in [1.807, 2.05) is 29.5 Å². The van der Waals surface area contributed by atoms with Gasteiger partial charge in [0, 0.05) is 42.3 Å². The molecule has 2 heterocycles. The molecule has 0 aliphatic heterocycles. The molecule has 57 heavy (non-hydrogen) atoms. The van der Waals surface area contributed by atoms with Crippen LogP contribution in [0.4, 0.5) is 0 Å². The molecule has 0 saturated carbocycles. The lowest BCUT2D eigenvalue weighted by Gasteiger charge is -2.28. The maximum atomic E-state index is 5.21. The molecule has 0 radical (unpaired) electrons. The first-order chi connectivity index (χ1) is 28.1. The van der Waals surface area contributed by atoms with Crippen molar-refractivity contribution in [3.8, 4) is 67.3 Å². The van der Waals surface area contributed by atoms with Gasteiger partial charge >= 0.3 is 0 Å². The second-order valence-electron chi connectivity index (χ2n) is 15.1. The Morgan fingerprint density at radius 1 is 0.386 bits per heavy atom.